The lowest BCUT2D eigenvalue weighted by molar-refractivity contribution is 0.0689. The second kappa shape index (κ2) is 5.97. The minimum atomic E-state index is -1.03. The third-order valence-corrected chi connectivity index (χ3v) is 3.73. The summed E-state index contributed by atoms with van der Waals surface area (Å²) in [5, 5.41) is 19.4. The predicted octanol–water partition coefficient (Wildman–Crippen LogP) is 3.46. The third kappa shape index (κ3) is 2.45. The first-order valence-corrected chi connectivity index (χ1v) is 7.38. The van der Waals surface area contributed by atoms with Crippen LogP contribution in [0.3, 0.4) is 0 Å². The molecule has 22 heavy (non-hydrogen) atoms. The maximum Gasteiger partial charge on any atom is 0.358 e. The topological polar surface area (TPSA) is 68.0 Å². The molecule has 0 unspecified atom stereocenters. The number of aromatic nitrogens is 3. The highest BCUT2D eigenvalue weighted by Crippen LogP contribution is 2.24. The number of carboxylic acids is 1. The van der Waals surface area contributed by atoms with Gasteiger partial charge in [-0.1, -0.05) is 55.0 Å². The van der Waals surface area contributed by atoms with Crippen LogP contribution in [0.4, 0.5) is 0 Å². The molecule has 1 aromatic heterocycles. The van der Waals surface area contributed by atoms with E-state index in [2.05, 4.69) is 17.2 Å². The lowest BCUT2D eigenvalue weighted by atomic mass is 10.1. The standard InChI is InChI=1S/C17H17N3O2/c1-2-3-10-15-16(17(21)22)18-19-20(15)14-11-6-8-12-7-4-5-9-13(12)14/h4-9,11H,2-3,10H2,1H3,(H,21,22). The Morgan fingerprint density at radius 2 is 1.95 bits per heavy atom. The van der Waals surface area contributed by atoms with E-state index in [-0.39, 0.29) is 5.69 Å². The first-order chi connectivity index (χ1) is 10.7. The molecule has 0 aliphatic heterocycles. The molecule has 5 heteroatoms. The zero-order valence-corrected chi connectivity index (χ0v) is 12.4. The maximum absolute atomic E-state index is 11.4. The van der Waals surface area contributed by atoms with E-state index in [4.69, 9.17) is 0 Å². The van der Waals surface area contributed by atoms with E-state index in [1.54, 1.807) is 4.68 Å². The molecule has 0 aliphatic carbocycles. The summed E-state index contributed by atoms with van der Waals surface area (Å²) in [6.07, 6.45) is 2.53. The van der Waals surface area contributed by atoms with Gasteiger partial charge in [0.2, 0.25) is 0 Å². The van der Waals surface area contributed by atoms with Crippen LogP contribution in [0.1, 0.15) is 35.9 Å². The second-order valence-corrected chi connectivity index (χ2v) is 5.20. The highest BCUT2D eigenvalue weighted by molar-refractivity contribution is 5.91. The van der Waals surface area contributed by atoms with E-state index < -0.39 is 5.97 Å². The van der Waals surface area contributed by atoms with Gasteiger partial charge < -0.3 is 5.11 Å². The van der Waals surface area contributed by atoms with Crippen LogP contribution in [0.25, 0.3) is 16.5 Å². The highest BCUT2D eigenvalue weighted by atomic mass is 16.4. The van der Waals surface area contributed by atoms with Crippen LogP contribution >= 0.6 is 0 Å². The first-order valence-electron chi connectivity index (χ1n) is 7.38. The van der Waals surface area contributed by atoms with E-state index in [9.17, 15) is 9.90 Å². The molecule has 0 fully saturated rings. The third-order valence-electron chi connectivity index (χ3n) is 3.73. The van der Waals surface area contributed by atoms with Crippen molar-refractivity contribution in [1.82, 2.24) is 15.0 Å². The van der Waals surface area contributed by atoms with Crippen molar-refractivity contribution in [2.75, 3.05) is 0 Å². The predicted molar refractivity (Wildman–Crippen MR) is 84.4 cm³/mol. The van der Waals surface area contributed by atoms with Crippen LogP contribution < -0.4 is 0 Å². The average molecular weight is 295 g/mol. The molecule has 0 radical (unpaired) electrons. The zero-order chi connectivity index (χ0) is 15.5. The van der Waals surface area contributed by atoms with Gasteiger partial charge in [0.25, 0.3) is 0 Å². The van der Waals surface area contributed by atoms with Crippen molar-refractivity contribution in [3.05, 3.63) is 53.9 Å². The molecule has 3 aromatic rings. The molecule has 0 spiro atoms. The fourth-order valence-corrected chi connectivity index (χ4v) is 2.62. The van der Waals surface area contributed by atoms with Crippen molar-refractivity contribution < 1.29 is 9.90 Å². The molecular weight excluding hydrogens is 278 g/mol. The van der Waals surface area contributed by atoms with Gasteiger partial charge in [0, 0.05) is 5.39 Å². The summed E-state index contributed by atoms with van der Waals surface area (Å²) in [6.45, 7) is 2.08. The Hall–Kier alpha value is -2.69. The molecule has 0 atom stereocenters. The minimum Gasteiger partial charge on any atom is -0.476 e. The number of aromatic carboxylic acids is 1. The van der Waals surface area contributed by atoms with Crippen molar-refractivity contribution in [2.45, 2.75) is 26.2 Å². The van der Waals surface area contributed by atoms with Crippen molar-refractivity contribution >= 4 is 16.7 Å². The number of hydrogen-bond donors (Lipinski definition) is 1. The molecule has 2 aromatic carbocycles. The van der Waals surface area contributed by atoms with Crippen LogP contribution in [-0.4, -0.2) is 26.1 Å². The molecule has 112 valence electrons. The summed E-state index contributed by atoms with van der Waals surface area (Å²) in [6, 6.07) is 13.9. The summed E-state index contributed by atoms with van der Waals surface area (Å²) in [5.41, 5.74) is 1.57. The fraction of sp³-hybridized carbons (Fsp3) is 0.235. The van der Waals surface area contributed by atoms with Crippen LogP contribution in [0.15, 0.2) is 42.5 Å². The number of carbonyl (C=O) groups is 1. The number of benzene rings is 2. The molecule has 5 nitrogen and oxygen atoms in total. The molecule has 1 N–H and O–H groups in total. The van der Waals surface area contributed by atoms with Crippen molar-refractivity contribution in [3.63, 3.8) is 0 Å². The molecule has 1 heterocycles. The summed E-state index contributed by atoms with van der Waals surface area (Å²) in [7, 11) is 0. The van der Waals surface area contributed by atoms with Gasteiger partial charge >= 0.3 is 5.97 Å². The van der Waals surface area contributed by atoms with Gasteiger partial charge in [0.15, 0.2) is 5.69 Å². The first kappa shape index (κ1) is 14.3. The normalized spacial score (nSPS) is 11.0. The van der Waals surface area contributed by atoms with Crippen molar-refractivity contribution in [1.29, 1.82) is 0 Å². The van der Waals surface area contributed by atoms with Crippen LogP contribution in [0, 0.1) is 0 Å². The monoisotopic (exact) mass is 295 g/mol. The Labute approximate surface area is 128 Å². The van der Waals surface area contributed by atoms with Crippen molar-refractivity contribution in [2.24, 2.45) is 0 Å². The molecule has 0 amide bonds. The lowest BCUT2D eigenvalue weighted by Crippen LogP contribution is -2.07. The zero-order valence-electron chi connectivity index (χ0n) is 12.4. The van der Waals surface area contributed by atoms with Crippen molar-refractivity contribution in [3.8, 4) is 5.69 Å². The number of fused-ring (bicyclic) bond motifs is 1. The number of hydrogen-bond acceptors (Lipinski definition) is 3. The van der Waals surface area contributed by atoms with Gasteiger partial charge in [0.1, 0.15) is 0 Å². The van der Waals surface area contributed by atoms with Gasteiger partial charge in [-0.25, -0.2) is 9.48 Å². The van der Waals surface area contributed by atoms with Crippen LogP contribution in [0.2, 0.25) is 0 Å². The van der Waals surface area contributed by atoms with E-state index in [1.807, 2.05) is 42.5 Å². The van der Waals surface area contributed by atoms with Crippen LogP contribution in [0.5, 0.6) is 0 Å². The summed E-state index contributed by atoms with van der Waals surface area (Å²) < 4.78 is 1.67. The Kier molecular flexibility index (Phi) is 3.87. The average Bonchev–Trinajstić information content (AvgIpc) is 2.96. The number of nitrogens with zero attached hydrogens (tertiary/aromatic N) is 3. The molecule has 3 rings (SSSR count). The lowest BCUT2D eigenvalue weighted by Gasteiger charge is -2.09. The fourth-order valence-electron chi connectivity index (χ4n) is 2.62. The number of unbranched alkanes of at least 4 members (excludes halogenated alkanes) is 1. The van der Waals surface area contributed by atoms with Crippen LogP contribution in [-0.2, 0) is 6.42 Å². The molecule has 0 saturated carbocycles. The van der Waals surface area contributed by atoms with Gasteiger partial charge in [-0.05, 0) is 24.3 Å². The van der Waals surface area contributed by atoms with E-state index >= 15 is 0 Å². The molecule has 0 aliphatic rings. The Morgan fingerprint density at radius 1 is 1.18 bits per heavy atom. The quantitative estimate of drug-likeness (QED) is 0.782. The Balaban J connectivity index is 2.20. The summed E-state index contributed by atoms with van der Waals surface area (Å²) in [5.74, 6) is -1.03. The summed E-state index contributed by atoms with van der Waals surface area (Å²) in [4.78, 5) is 11.4. The van der Waals surface area contributed by atoms with Gasteiger partial charge in [0.05, 0.1) is 11.4 Å². The van der Waals surface area contributed by atoms with Gasteiger partial charge in [-0.15, -0.1) is 5.10 Å². The summed E-state index contributed by atoms with van der Waals surface area (Å²) >= 11 is 0. The van der Waals surface area contributed by atoms with E-state index in [0.717, 1.165) is 29.3 Å². The smallest absolute Gasteiger partial charge is 0.358 e. The number of rotatable bonds is 5. The minimum absolute atomic E-state index is 0.0429. The largest absolute Gasteiger partial charge is 0.476 e. The van der Waals surface area contributed by atoms with Gasteiger partial charge in [-0.3, -0.25) is 0 Å². The SMILES string of the molecule is CCCCc1c(C(=O)O)nnn1-c1cccc2ccccc12. The van der Waals surface area contributed by atoms with E-state index in [0.29, 0.717) is 12.1 Å². The molecule has 0 bridgehead atoms. The number of carboxylic acid groups (broad SMARTS) is 1. The van der Waals surface area contributed by atoms with Gasteiger partial charge in [-0.2, -0.15) is 0 Å². The Bertz CT molecular complexity index is 818. The highest BCUT2D eigenvalue weighted by Gasteiger charge is 2.20. The Morgan fingerprint density at radius 3 is 2.73 bits per heavy atom. The maximum atomic E-state index is 11.4. The second-order valence-electron chi connectivity index (χ2n) is 5.20. The van der Waals surface area contributed by atoms with E-state index in [1.165, 1.54) is 0 Å². The molecule has 0 saturated heterocycles. The molecular formula is C17H17N3O2.